The van der Waals surface area contributed by atoms with Gasteiger partial charge in [-0.05, 0) is 36.7 Å². The van der Waals surface area contributed by atoms with E-state index in [-0.39, 0.29) is 5.04 Å². The third-order valence-electron chi connectivity index (χ3n) is 7.30. The highest BCUT2D eigenvalue weighted by Gasteiger charge is 2.37. The number of imidazole rings is 1. The molecule has 3 aromatic heterocycles. The fourth-order valence-corrected chi connectivity index (χ4v) is 6.19. The first-order chi connectivity index (χ1) is 18.4. The van der Waals surface area contributed by atoms with Crippen LogP contribution in [0.5, 0.6) is 11.5 Å². The number of pyridine rings is 1. The third kappa shape index (κ3) is 6.95. The van der Waals surface area contributed by atoms with Gasteiger partial charge in [0.1, 0.15) is 23.8 Å². The van der Waals surface area contributed by atoms with E-state index in [2.05, 4.69) is 38.8 Å². The van der Waals surface area contributed by atoms with Crippen LogP contribution >= 0.6 is 22.9 Å². The normalized spacial score (nSPS) is 17.5. The summed E-state index contributed by atoms with van der Waals surface area (Å²) in [4.78, 5) is 17.8. The number of hydrogen-bond acceptors (Lipinski definition) is 7. The van der Waals surface area contributed by atoms with Crippen molar-refractivity contribution in [3.05, 3.63) is 59.8 Å². The molecule has 0 amide bonds. The minimum absolute atomic E-state index is 0.152. The van der Waals surface area contributed by atoms with Crippen molar-refractivity contribution in [1.82, 2.24) is 9.38 Å². The maximum absolute atomic E-state index is 12.6. The van der Waals surface area contributed by atoms with E-state index in [9.17, 15) is 4.79 Å². The van der Waals surface area contributed by atoms with Gasteiger partial charge in [0.15, 0.2) is 13.2 Å². The van der Waals surface area contributed by atoms with Crippen molar-refractivity contribution in [1.29, 1.82) is 0 Å². The van der Waals surface area contributed by atoms with Gasteiger partial charge in [0.2, 0.25) is 0 Å². The molecule has 0 aliphatic heterocycles. The van der Waals surface area contributed by atoms with Crippen LogP contribution in [-0.4, -0.2) is 55.5 Å². The predicted molar refractivity (Wildman–Crippen MR) is 160 cm³/mol. The topological polar surface area (TPSA) is 71.3 Å². The number of nitrogens with zero attached hydrogens (tertiary/aromatic N) is 2. The number of esters is 1. The van der Waals surface area contributed by atoms with Gasteiger partial charge in [0, 0.05) is 12.5 Å². The second kappa shape index (κ2) is 11.9. The molecule has 0 saturated heterocycles. The molecule has 0 radical (unpaired) electrons. The van der Waals surface area contributed by atoms with Gasteiger partial charge in [0.25, 0.3) is 0 Å². The molecule has 4 rings (SSSR count). The van der Waals surface area contributed by atoms with Gasteiger partial charge in [0.05, 0.1) is 48.2 Å². The van der Waals surface area contributed by atoms with E-state index in [1.165, 1.54) is 18.4 Å². The molecule has 0 spiro atoms. The van der Waals surface area contributed by atoms with Gasteiger partial charge in [-0.2, -0.15) is 0 Å². The molecule has 210 valence electrons. The quantitative estimate of drug-likeness (QED) is 0.0998. The highest BCUT2D eigenvalue weighted by Crippen LogP contribution is 2.39. The number of alkyl halides is 1. The zero-order valence-electron chi connectivity index (χ0n) is 23.5. The maximum Gasteiger partial charge on any atom is 0.351 e. The molecule has 0 saturated carbocycles. The fourth-order valence-electron chi connectivity index (χ4n) is 3.90. The van der Waals surface area contributed by atoms with Crippen molar-refractivity contribution in [3.8, 4) is 22.1 Å². The van der Waals surface area contributed by atoms with Gasteiger partial charge >= 0.3 is 5.97 Å². The van der Waals surface area contributed by atoms with E-state index in [1.807, 2.05) is 53.1 Å². The summed E-state index contributed by atoms with van der Waals surface area (Å²) < 4.78 is 25.3. The second-order valence-electron chi connectivity index (χ2n) is 11.1. The number of aromatic nitrogens is 2. The van der Waals surface area contributed by atoms with Gasteiger partial charge in [-0.1, -0.05) is 45.1 Å². The van der Waals surface area contributed by atoms with E-state index in [0.717, 1.165) is 22.6 Å². The minimum atomic E-state index is -1.83. The van der Waals surface area contributed by atoms with Crippen LogP contribution in [0.1, 0.15) is 43.3 Å². The Morgan fingerprint density at radius 1 is 1.18 bits per heavy atom. The molecule has 7 nitrogen and oxygen atoms in total. The summed E-state index contributed by atoms with van der Waals surface area (Å²) >= 11 is 8.00. The number of carbonyl (C=O) groups is 1. The second-order valence-corrected chi connectivity index (χ2v) is 17.7. The summed E-state index contributed by atoms with van der Waals surface area (Å²) in [6.45, 7) is 12.5. The van der Waals surface area contributed by atoms with E-state index < -0.39 is 19.2 Å². The molecular weight excluding hydrogens is 552 g/mol. The van der Waals surface area contributed by atoms with Crippen molar-refractivity contribution in [2.45, 2.75) is 56.6 Å². The molecule has 3 heterocycles. The molecule has 1 atom stereocenters. The van der Waals surface area contributed by atoms with E-state index >= 15 is 0 Å². The Bertz CT molecular complexity index is 1370. The zero-order chi connectivity index (χ0) is 28.3. The summed E-state index contributed by atoms with van der Waals surface area (Å²) in [7, 11) is -0.460. The molecule has 0 aromatic carbocycles. The molecule has 1 aliphatic carbocycles. The number of hydrogen-bond donors (Lipinski definition) is 0. The van der Waals surface area contributed by atoms with Gasteiger partial charge in [-0.3, -0.25) is 4.40 Å². The lowest BCUT2D eigenvalue weighted by molar-refractivity contribution is 0.0602. The number of methoxy groups -OCH3 is 1. The Kier molecular flexibility index (Phi) is 8.95. The largest absolute Gasteiger partial charge is 0.492 e. The fraction of sp³-hybridized carbons (Fsp3) is 0.448. The average Bonchev–Trinajstić information content (AvgIpc) is 3.50. The van der Waals surface area contributed by atoms with Crippen molar-refractivity contribution < 1.29 is 23.4 Å². The Morgan fingerprint density at radius 2 is 1.97 bits per heavy atom. The summed E-state index contributed by atoms with van der Waals surface area (Å²) in [6, 6.07) is 5.67. The van der Waals surface area contributed by atoms with Crippen LogP contribution in [0.25, 0.3) is 16.2 Å². The van der Waals surface area contributed by atoms with Crippen LogP contribution in [0, 0.1) is 0 Å². The summed E-state index contributed by atoms with van der Waals surface area (Å²) in [5.74, 6) is 0.744. The van der Waals surface area contributed by atoms with Crippen molar-refractivity contribution in [2.75, 3.05) is 26.9 Å². The summed E-state index contributed by atoms with van der Waals surface area (Å²) in [5.41, 5.74) is 1.60. The highest BCUT2D eigenvalue weighted by molar-refractivity contribution is 7.17. The van der Waals surface area contributed by atoms with Crippen LogP contribution in [0.3, 0.4) is 0 Å². The molecule has 0 unspecified atom stereocenters. The highest BCUT2D eigenvalue weighted by atomic mass is 35.5. The maximum atomic E-state index is 12.6. The van der Waals surface area contributed by atoms with Crippen LogP contribution in [0.4, 0.5) is 0 Å². The molecular formula is C29H37ClN2O5SSi. The molecule has 10 heteroatoms. The SMILES string of the molecule is COC(=O)c1sc(-c2cnc3ccc(OCCO[Si](C)(C)C(C)(C)C)cn23)cc1OCC[C@@]1(Cl)C=CC=CC1. The molecule has 39 heavy (non-hydrogen) atoms. The summed E-state index contributed by atoms with van der Waals surface area (Å²) in [6.07, 6.45) is 13.0. The van der Waals surface area contributed by atoms with E-state index in [4.69, 9.17) is 30.2 Å². The summed E-state index contributed by atoms with van der Waals surface area (Å²) in [5, 5.41) is 0.152. The van der Waals surface area contributed by atoms with Crippen LogP contribution in [0.2, 0.25) is 18.1 Å². The molecule has 0 bridgehead atoms. The lowest BCUT2D eigenvalue weighted by atomic mass is 9.97. The van der Waals surface area contributed by atoms with Gasteiger partial charge < -0.3 is 18.6 Å². The monoisotopic (exact) mass is 588 g/mol. The first kappa shape index (κ1) is 29.4. The first-order valence-electron chi connectivity index (χ1n) is 13.0. The smallest absolute Gasteiger partial charge is 0.351 e. The number of halogens is 1. The Hall–Kier alpha value is -2.59. The third-order valence-corrected chi connectivity index (χ3v) is 13.4. The first-order valence-corrected chi connectivity index (χ1v) is 17.2. The van der Waals surface area contributed by atoms with Gasteiger partial charge in [-0.15, -0.1) is 22.9 Å². The average molecular weight is 589 g/mol. The Labute approximate surface area is 240 Å². The number of carbonyl (C=O) groups excluding carboxylic acids is 1. The van der Waals surface area contributed by atoms with Crippen molar-refractivity contribution in [3.63, 3.8) is 0 Å². The number of thiophene rings is 1. The number of ether oxygens (including phenoxy) is 3. The number of rotatable bonds is 11. The van der Waals surface area contributed by atoms with E-state index in [1.54, 1.807) is 6.20 Å². The lowest BCUT2D eigenvalue weighted by Crippen LogP contribution is -2.41. The Morgan fingerprint density at radius 3 is 2.67 bits per heavy atom. The molecule has 0 fully saturated rings. The number of allylic oxidation sites excluding steroid dienone is 4. The minimum Gasteiger partial charge on any atom is -0.492 e. The predicted octanol–water partition coefficient (Wildman–Crippen LogP) is 7.51. The number of fused-ring (bicyclic) bond motifs is 1. The zero-order valence-corrected chi connectivity index (χ0v) is 26.0. The standard InChI is InChI=1S/C29H37ClN2O5SSi/c1-28(2,3)39(5,6)37-17-16-35-21-10-11-25-31-19-22(32(25)20-21)24-18-23(26(38-24)27(33)34-4)36-15-14-29(30)12-8-7-9-13-29/h7-12,18-20H,13-17H2,1-6H3/t29-/m1/s1. The van der Waals surface area contributed by atoms with Gasteiger partial charge in [-0.25, -0.2) is 9.78 Å². The van der Waals surface area contributed by atoms with Crippen LogP contribution in [0.15, 0.2) is 54.9 Å². The van der Waals surface area contributed by atoms with Crippen molar-refractivity contribution in [2.24, 2.45) is 0 Å². The van der Waals surface area contributed by atoms with E-state index in [0.29, 0.717) is 42.6 Å². The molecule has 0 N–H and O–H groups in total. The Balaban J connectivity index is 1.49. The molecule has 3 aromatic rings. The van der Waals surface area contributed by atoms with Crippen LogP contribution < -0.4 is 9.47 Å². The van der Waals surface area contributed by atoms with Crippen molar-refractivity contribution >= 4 is 42.9 Å². The van der Waals surface area contributed by atoms with Crippen LogP contribution in [-0.2, 0) is 9.16 Å². The lowest BCUT2D eigenvalue weighted by Gasteiger charge is -2.36. The molecule has 1 aliphatic rings.